The van der Waals surface area contributed by atoms with Crippen molar-refractivity contribution >= 4 is 11.7 Å². The van der Waals surface area contributed by atoms with E-state index >= 15 is 0 Å². The van der Waals surface area contributed by atoms with E-state index in [4.69, 9.17) is 4.74 Å². The summed E-state index contributed by atoms with van der Waals surface area (Å²) in [7, 11) is 0. The molecule has 0 amide bonds. The third-order valence-electron chi connectivity index (χ3n) is 8.21. The van der Waals surface area contributed by atoms with E-state index in [2.05, 4.69) is 19.0 Å². The molecule has 4 aliphatic carbocycles. The van der Waals surface area contributed by atoms with E-state index in [1.165, 1.54) is 6.92 Å². The van der Waals surface area contributed by atoms with Crippen LogP contribution in [-0.2, 0) is 9.53 Å². The Labute approximate surface area is 160 Å². The minimum absolute atomic E-state index is 0.0425. The van der Waals surface area contributed by atoms with Gasteiger partial charge in [-0.05, 0) is 43.4 Å². The number of carbonyl (C=O) groups is 1. The number of aliphatic hydroxyl groups excluding tert-OH is 2. The highest BCUT2D eigenvalue weighted by Gasteiger charge is 2.63. The van der Waals surface area contributed by atoms with Gasteiger partial charge in [0.05, 0.1) is 17.9 Å². The van der Waals surface area contributed by atoms with Crippen LogP contribution in [0.15, 0.2) is 16.8 Å². The topological polar surface area (TPSA) is 99.4 Å². The lowest BCUT2D eigenvalue weighted by Crippen LogP contribution is -2.59. The van der Waals surface area contributed by atoms with Gasteiger partial charge in [-0.3, -0.25) is 4.79 Å². The molecule has 4 rings (SSSR count). The minimum atomic E-state index is -0.638. The molecule has 27 heavy (non-hydrogen) atoms. The maximum atomic E-state index is 11.4. The third-order valence-corrected chi connectivity index (χ3v) is 8.21. The number of fused-ring (bicyclic) bond motifs is 5. The van der Waals surface area contributed by atoms with E-state index in [-0.39, 0.29) is 40.7 Å². The van der Waals surface area contributed by atoms with E-state index in [1.54, 1.807) is 0 Å². The molecule has 8 atom stereocenters. The van der Waals surface area contributed by atoms with Gasteiger partial charge >= 0.3 is 5.97 Å². The maximum Gasteiger partial charge on any atom is 0.302 e. The smallest absolute Gasteiger partial charge is 0.302 e. The molecular formula is C21H31NO5. The second kappa shape index (κ2) is 6.31. The molecule has 4 aliphatic rings. The first-order valence-corrected chi connectivity index (χ1v) is 10.2. The van der Waals surface area contributed by atoms with Gasteiger partial charge in [-0.25, -0.2) is 0 Å². The van der Waals surface area contributed by atoms with Crippen LogP contribution in [0, 0.1) is 28.6 Å². The molecule has 3 saturated carbocycles. The molecule has 150 valence electrons. The lowest BCUT2D eigenvalue weighted by molar-refractivity contribution is -0.148. The molecule has 3 N–H and O–H groups in total. The van der Waals surface area contributed by atoms with Gasteiger partial charge in [-0.15, -0.1) is 0 Å². The molecule has 0 aromatic heterocycles. The largest absolute Gasteiger partial charge is 0.462 e. The second-order valence-corrected chi connectivity index (χ2v) is 9.60. The van der Waals surface area contributed by atoms with Crippen molar-refractivity contribution in [3.05, 3.63) is 11.6 Å². The molecule has 0 aromatic carbocycles. The highest BCUT2D eigenvalue weighted by molar-refractivity contribution is 5.90. The fourth-order valence-electron chi connectivity index (χ4n) is 6.87. The van der Waals surface area contributed by atoms with Crippen LogP contribution in [0.25, 0.3) is 0 Å². The molecule has 6 heteroatoms. The fourth-order valence-corrected chi connectivity index (χ4v) is 6.87. The van der Waals surface area contributed by atoms with Gasteiger partial charge in [0.15, 0.2) is 0 Å². The summed E-state index contributed by atoms with van der Waals surface area (Å²) >= 11 is 0. The minimum Gasteiger partial charge on any atom is -0.462 e. The van der Waals surface area contributed by atoms with E-state index < -0.39 is 12.2 Å². The lowest BCUT2D eigenvalue weighted by atomic mass is 9.46. The number of aliphatic hydroxyl groups is 2. The number of rotatable bonds is 1. The summed E-state index contributed by atoms with van der Waals surface area (Å²) in [5.74, 6) is -0.159. The molecular weight excluding hydrogens is 346 g/mol. The van der Waals surface area contributed by atoms with Crippen molar-refractivity contribution in [1.82, 2.24) is 0 Å². The van der Waals surface area contributed by atoms with Gasteiger partial charge in [-0.2, -0.15) is 0 Å². The normalized spacial score (nSPS) is 50.4. The second-order valence-electron chi connectivity index (χ2n) is 9.60. The zero-order chi connectivity index (χ0) is 19.6. The van der Waals surface area contributed by atoms with Gasteiger partial charge in [0, 0.05) is 30.6 Å². The highest BCUT2D eigenvalue weighted by Crippen LogP contribution is 2.64. The van der Waals surface area contributed by atoms with Crippen LogP contribution in [0.4, 0.5) is 0 Å². The van der Waals surface area contributed by atoms with Gasteiger partial charge in [0.1, 0.15) is 6.10 Å². The predicted octanol–water partition coefficient (Wildman–Crippen LogP) is 2.65. The van der Waals surface area contributed by atoms with E-state index in [1.807, 2.05) is 6.08 Å². The Morgan fingerprint density at radius 2 is 2.00 bits per heavy atom. The van der Waals surface area contributed by atoms with Crippen LogP contribution in [0.5, 0.6) is 0 Å². The Bertz CT molecular complexity index is 703. The van der Waals surface area contributed by atoms with Gasteiger partial charge in [0.2, 0.25) is 0 Å². The maximum absolute atomic E-state index is 11.4. The number of ether oxygens (including phenoxy) is 1. The van der Waals surface area contributed by atoms with Crippen LogP contribution in [0.1, 0.15) is 59.3 Å². The summed E-state index contributed by atoms with van der Waals surface area (Å²) in [6.45, 7) is 5.70. The first-order valence-electron chi connectivity index (χ1n) is 10.2. The molecule has 0 bridgehead atoms. The molecule has 0 saturated heterocycles. The number of hydrogen-bond donors (Lipinski definition) is 3. The van der Waals surface area contributed by atoms with Crippen molar-refractivity contribution in [3.63, 3.8) is 0 Å². The van der Waals surface area contributed by atoms with E-state index in [0.29, 0.717) is 18.6 Å². The van der Waals surface area contributed by atoms with Gasteiger partial charge in [0.25, 0.3) is 0 Å². The van der Waals surface area contributed by atoms with Crippen molar-refractivity contribution in [3.8, 4) is 0 Å². The monoisotopic (exact) mass is 377 g/mol. The predicted molar refractivity (Wildman–Crippen MR) is 99.3 cm³/mol. The molecule has 0 aliphatic heterocycles. The molecule has 0 heterocycles. The van der Waals surface area contributed by atoms with Crippen molar-refractivity contribution in [2.45, 2.75) is 77.6 Å². The first-order chi connectivity index (χ1) is 12.7. The summed E-state index contributed by atoms with van der Waals surface area (Å²) in [5.41, 5.74) is 1.26. The highest BCUT2D eigenvalue weighted by atomic mass is 16.5. The standard InChI is InChI=1S/C21H31NO5/c1-11(23)27-13-6-7-20(2)12(8-13)9-16(24)18-14-4-5-17(25)21(14,3)10-15(22-26)19(18)20/h9,13-14,16-19,24-26H,4-8,10H2,1-3H3/t13-,14?,16?,17-,18?,19?,20-,21-/m0/s1. The van der Waals surface area contributed by atoms with E-state index in [9.17, 15) is 20.2 Å². The Morgan fingerprint density at radius 1 is 1.26 bits per heavy atom. The Morgan fingerprint density at radius 3 is 2.67 bits per heavy atom. The quantitative estimate of drug-likeness (QED) is 0.282. The molecule has 3 fully saturated rings. The molecule has 0 spiro atoms. The number of carbonyl (C=O) groups excluding carboxylic acids is 1. The zero-order valence-corrected chi connectivity index (χ0v) is 16.4. The summed E-state index contributed by atoms with van der Waals surface area (Å²) in [6.07, 6.45) is 5.17. The van der Waals surface area contributed by atoms with Crippen molar-refractivity contribution < 1.29 is 25.0 Å². The lowest BCUT2D eigenvalue weighted by Gasteiger charge is -2.58. The zero-order valence-electron chi connectivity index (χ0n) is 16.4. The first kappa shape index (κ1) is 18.9. The van der Waals surface area contributed by atoms with Crippen molar-refractivity contribution in [2.75, 3.05) is 0 Å². The SMILES string of the molecule is CC(=O)O[C@H]1CC[C@@]2(C)C(=CC(O)C3C2C(=NO)C[C@@]2(C)C3CC[C@@H]2O)C1. The van der Waals surface area contributed by atoms with Gasteiger partial charge in [-0.1, -0.05) is 30.7 Å². The van der Waals surface area contributed by atoms with Crippen molar-refractivity contribution in [2.24, 2.45) is 33.7 Å². The number of oxime groups is 1. The van der Waals surface area contributed by atoms with Crippen LogP contribution in [0.3, 0.4) is 0 Å². The fraction of sp³-hybridized carbons (Fsp3) is 0.810. The number of hydrogen-bond acceptors (Lipinski definition) is 6. The molecule has 6 nitrogen and oxygen atoms in total. The van der Waals surface area contributed by atoms with Crippen LogP contribution in [0.2, 0.25) is 0 Å². The summed E-state index contributed by atoms with van der Waals surface area (Å²) in [6, 6.07) is 0. The van der Waals surface area contributed by atoms with E-state index in [0.717, 1.165) is 31.3 Å². The molecule has 0 radical (unpaired) electrons. The summed E-state index contributed by atoms with van der Waals surface area (Å²) < 4.78 is 5.43. The molecule has 4 unspecified atom stereocenters. The number of nitrogens with zero attached hydrogens (tertiary/aromatic N) is 1. The average molecular weight is 377 g/mol. The summed E-state index contributed by atoms with van der Waals surface area (Å²) in [4.78, 5) is 11.4. The van der Waals surface area contributed by atoms with Crippen LogP contribution >= 0.6 is 0 Å². The average Bonchev–Trinajstić information content (AvgIpc) is 2.90. The van der Waals surface area contributed by atoms with Crippen molar-refractivity contribution in [1.29, 1.82) is 0 Å². The molecule has 0 aromatic rings. The van der Waals surface area contributed by atoms with Crippen LogP contribution < -0.4 is 0 Å². The Kier molecular flexibility index (Phi) is 4.43. The summed E-state index contributed by atoms with van der Waals surface area (Å²) in [5, 5.41) is 35.2. The third kappa shape index (κ3) is 2.67. The number of esters is 1. The van der Waals surface area contributed by atoms with Gasteiger partial charge < -0.3 is 20.2 Å². The Hall–Kier alpha value is -1.40. The van der Waals surface area contributed by atoms with Crippen LogP contribution in [-0.4, -0.2) is 45.4 Å². The Balaban J connectivity index is 1.74.